The Balaban J connectivity index is 1.89. The Bertz CT molecular complexity index is 281. The van der Waals surface area contributed by atoms with Crippen LogP contribution in [-0.4, -0.2) is 12.6 Å². The molecular formula is C17H30O2. The number of allylic oxidation sites excluding steroid dienone is 2. The number of hydrogen-bond acceptors (Lipinski definition) is 2. The van der Waals surface area contributed by atoms with Crippen molar-refractivity contribution in [2.75, 3.05) is 6.61 Å². The second-order valence-electron chi connectivity index (χ2n) is 5.75. The Morgan fingerprint density at radius 1 is 1.26 bits per heavy atom. The summed E-state index contributed by atoms with van der Waals surface area (Å²) < 4.78 is 5.14. The molecule has 0 bridgehead atoms. The van der Waals surface area contributed by atoms with Crippen molar-refractivity contribution in [1.29, 1.82) is 0 Å². The van der Waals surface area contributed by atoms with Crippen LogP contribution in [0.3, 0.4) is 0 Å². The first-order chi connectivity index (χ1) is 9.24. The standard InChI is InChI=1S/C17H30O2/c1-3-4-14-19-17(18)13-8-6-5-7-11-16-12-9-10-15(16)2/h12,15H,3-11,13-14H2,1-2H3/t15-/m0/s1. The van der Waals surface area contributed by atoms with Crippen LogP contribution >= 0.6 is 0 Å². The highest BCUT2D eigenvalue weighted by atomic mass is 16.5. The molecule has 0 unspecified atom stereocenters. The molecule has 0 amide bonds. The lowest BCUT2D eigenvalue weighted by molar-refractivity contribution is -0.143. The van der Waals surface area contributed by atoms with Crippen LogP contribution in [0.4, 0.5) is 0 Å². The zero-order valence-electron chi connectivity index (χ0n) is 12.7. The maximum absolute atomic E-state index is 11.4. The van der Waals surface area contributed by atoms with E-state index in [0.717, 1.165) is 31.6 Å². The molecule has 2 heteroatoms. The molecule has 0 N–H and O–H groups in total. The molecule has 0 aliphatic heterocycles. The predicted molar refractivity (Wildman–Crippen MR) is 80.1 cm³/mol. The first kappa shape index (κ1) is 16.3. The van der Waals surface area contributed by atoms with Crippen molar-refractivity contribution >= 4 is 5.97 Å². The quantitative estimate of drug-likeness (QED) is 0.315. The molecule has 1 rings (SSSR count). The number of rotatable bonds is 10. The van der Waals surface area contributed by atoms with E-state index in [1.165, 1.54) is 32.1 Å². The van der Waals surface area contributed by atoms with E-state index in [1.54, 1.807) is 5.57 Å². The van der Waals surface area contributed by atoms with Gasteiger partial charge in [0.1, 0.15) is 0 Å². The average Bonchev–Trinajstić information content (AvgIpc) is 2.80. The number of ether oxygens (including phenoxy) is 1. The fourth-order valence-electron chi connectivity index (χ4n) is 2.61. The van der Waals surface area contributed by atoms with Gasteiger partial charge in [-0.25, -0.2) is 0 Å². The lowest BCUT2D eigenvalue weighted by Gasteiger charge is -2.08. The minimum atomic E-state index is -0.0134. The number of carbonyl (C=O) groups is 1. The van der Waals surface area contributed by atoms with Crippen molar-refractivity contribution < 1.29 is 9.53 Å². The van der Waals surface area contributed by atoms with Crippen LogP contribution in [0.15, 0.2) is 11.6 Å². The summed E-state index contributed by atoms with van der Waals surface area (Å²) in [6.07, 6.45) is 13.7. The van der Waals surface area contributed by atoms with Gasteiger partial charge in [-0.1, -0.05) is 44.8 Å². The van der Waals surface area contributed by atoms with Gasteiger partial charge in [-0.2, -0.15) is 0 Å². The summed E-state index contributed by atoms with van der Waals surface area (Å²) >= 11 is 0. The molecule has 0 radical (unpaired) electrons. The Kier molecular flexibility index (Phi) is 8.61. The van der Waals surface area contributed by atoms with Crippen molar-refractivity contribution in [3.05, 3.63) is 11.6 Å². The molecular weight excluding hydrogens is 236 g/mol. The highest BCUT2D eigenvalue weighted by Crippen LogP contribution is 2.29. The maximum Gasteiger partial charge on any atom is 0.305 e. The van der Waals surface area contributed by atoms with Crippen LogP contribution < -0.4 is 0 Å². The summed E-state index contributed by atoms with van der Waals surface area (Å²) in [6.45, 7) is 5.04. The minimum Gasteiger partial charge on any atom is -0.466 e. The van der Waals surface area contributed by atoms with Crippen LogP contribution in [0.2, 0.25) is 0 Å². The van der Waals surface area contributed by atoms with E-state index in [0.29, 0.717) is 13.0 Å². The highest BCUT2D eigenvalue weighted by Gasteiger charge is 2.13. The minimum absolute atomic E-state index is 0.0134. The number of hydrogen-bond donors (Lipinski definition) is 0. The van der Waals surface area contributed by atoms with Crippen molar-refractivity contribution in [2.45, 2.75) is 78.1 Å². The Morgan fingerprint density at radius 2 is 2.05 bits per heavy atom. The average molecular weight is 266 g/mol. The highest BCUT2D eigenvalue weighted by molar-refractivity contribution is 5.69. The fraction of sp³-hybridized carbons (Fsp3) is 0.824. The Morgan fingerprint density at radius 3 is 2.74 bits per heavy atom. The topological polar surface area (TPSA) is 26.3 Å². The zero-order chi connectivity index (χ0) is 13.9. The zero-order valence-corrected chi connectivity index (χ0v) is 12.7. The molecule has 0 saturated heterocycles. The first-order valence-corrected chi connectivity index (χ1v) is 8.08. The second-order valence-corrected chi connectivity index (χ2v) is 5.75. The molecule has 0 fully saturated rings. The van der Waals surface area contributed by atoms with Gasteiger partial charge < -0.3 is 4.74 Å². The molecule has 0 spiro atoms. The Labute approximate surface area is 118 Å². The fourth-order valence-corrected chi connectivity index (χ4v) is 2.61. The van der Waals surface area contributed by atoms with E-state index in [9.17, 15) is 4.79 Å². The molecule has 2 nitrogen and oxygen atoms in total. The molecule has 1 aliphatic carbocycles. The summed E-state index contributed by atoms with van der Waals surface area (Å²) in [6, 6.07) is 0. The molecule has 0 heterocycles. The number of esters is 1. The van der Waals surface area contributed by atoms with E-state index < -0.39 is 0 Å². The lowest BCUT2D eigenvalue weighted by Crippen LogP contribution is -2.05. The molecule has 0 aromatic carbocycles. The molecule has 0 saturated carbocycles. The third-order valence-corrected chi connectivity index (χ3v) is 4.00. The van der Waals surface area contributed by atoms with Crippen LogP contribution in [0.25, 0.3) is 0 Å². The molecule has 110 valence electrons. The Hall–Kier alpha value is -0.790. The van der Waals surface area contributed by atoms with Gasteiger partial charge in [0.15, 0.2) is 0 Å². The maximum atomic E-state index is 11.4. The van der Waals surface area contributed by atoms with Gasteiger partial charge in [0.25, 0.3) is 0 Å². The van der Waals surface area contributed by atoms with Crippen molar-refractivity contribution in [3.63, 3.8) is 0 Å². The van der Waals surface area contributed by atoms with Gasteiger partial charge in [0.2, 0.25) is 0 Å². The summed E-state index contributed by atoms with van der Waals surface area (Å²) in [5.74, 6) is 0.800. The van der Waals surface area contributed by atoms with Crippen LogP contribution in [0.1, 0.15) is 78.1 Å². The third-order valence-electron chi connectivity index (χ3n) is 4.00. The van der Waals surface area contributed by atoms with Gasteiger partial charge in [-0.3, -0.25) is 4.79 Å². The van der Waals surface area contributed by atoms with Gasteiger partial charge in [-0.05, 0) is 44.4 Å². The molecule has 0 aromatic rings. The largest absolute Gasteiger partial charge is 0.466 e. The first-order valence-electron chi connectivity index (χ1n) is 8.08. The van der Waals surface area contributed by atoms with E-state index in [4.69, 9.17) is 4.74 Å². The smallest absolute Gasteiger partial charge is 0.305 e. The van der Waals surface area contributed by atoms with Crippen molar-refractivity contribution in [2.24, 2.45) is 5.92 Å². The summed E-state index contributed by atoms with van der Waals surface area (Å²) in [4.78, 5) is 11.4. The van der Waals surface area contributed by atoms with E-state index in [-0.39, 0.29) is 5.97 Å². The molecule has 1 atom stereocenters. The van der Waals surface area contributed by atoms with Crippen molar-refractivity contribution in [3.8, 4) is 0 Å². The number of carbonyl (C=O) groups excluding carboxylic acids is 1. The normalized spacial score (nSPS) is 18.4. The molecule has 1 aliphatic rings. The molecule has 19 heavy (non-hydrogen) atoms. The van der Waals surface area contributed by atoms with E-state index in [2.05, 4.69) is 19.9 Å². The van der Waals surface area contributed by atoms with Crippen LogP contribution in [-0.2, 0) is 9.53 Å². The SMILES string of the molecule is CCCCOC(=O)CCCCCCC1=CCC[C@@H]1C. The van der Waals surface area contributed by atoms with Crippen LogP contribution in [0, 0.1) is 5.92 Å². The van der Waals surface area contributed by atoms with Gasteiger partial charge in [-0.15, -0.1) is 0 Å². The summed E-state index contributed by atoms with van der Waals surface area (Å²) in [5, 5.41) is 0. The third kappa shape index (κ3) is 7.39. The molecule has 0 aromatic heterocycles. The number of unbranched alkanes of at least 4 members (excludes halogenated alkanes) is 4. The van der Waals surface area contributed by atoms with Gasteiger partial charge >= 0.3 is 5.97 Å². The predicted octanol–water partition coefficient (Wildman–Crippen LogP) is 5.03. The second kappa shape index (κ2) is 10.1. The van der Waals surface area contributed by atoms with Gasteiger partial charge in [0.05, 0.1) is 6.61 Å². The van der Waals surface area contributed by atoms with E-state index >= 15 is 0 Å². The van der Waals surface area contributed by atoms with Crippen molar-refractivity contribution in [1.82, 2.24) is 0 Å². The lowest BCUT2D eigenvalue weighted by atomic mass is 9.98. The monoisotopic (exact) mass is 266 g/mol. The van der Waals surface area contributed by atoms with E-state index in [1.807, 2.05) is 0 Å². The van der Waals surface area contributed by atoms with Gasteiger partial charge in [0, 0.05) is 6.42 Å². The van der Waals surface area contributed by atoms with Crippen LogP contribution in [0.5, 0.6) is 0 Å². The summed E-state index contributed by atoms with van der Waals surface area (Å²) in [5.41, 5.74) is 1.67. The summed E-state index contributed by atoms with van der Waals surface area (Å²) in [7, 11) is 0.